The van der Waals surface area contributed by atoms with Gasteiger partial charge in [0.15, 0.2) is 0 Å². The molecule has 6 N–H and O–H groups in total. The lowest BCUT2D eigenvalue weighted by atomic mass is 9.43. The largest absolute Gasteiger partial charge is 0.481 e. The Balaban J connectivity index is 1.29. The van der Waals surface area contributed by atoms with E-state index in [0.29, 0.717) is 52.4 Å². The van der Waals surface area contributed by atoms with E-state index in [1.54, 1.807) is 0 Å². The van der Waals surface area contributed by atoms with Gasteiger partial charge in [0, 0.05) is 6.04 Å². The molecule has 6 heteroatoms. The smallest absolute Gasteiger partial charge is 0.306 e. The lowest BCUT2D eigenvalue weighted by Crippen LogP contribution is -2.59. The molecule has 0 aromatic carbocycles. The average molecular weight is 562 g/mol. The zero-order valence-corrected chi connectivity index (χ0v) is 26.3. The van der Waals surface area contributed by atoms with Crippen molar-refractivity contribution in [1.82, 2.24) is 10.6 Å². The lowest BCUT2D eigenvalue weighted by Gasteiger charge is -2.62. The molecule has 232 valence electrons. The first-order chi connectivity index (χ1) is 19.1. The maximum atomic E-state index is 11.7. The number of carboxylic acid groups (broad SMARTS) is 1. The number of hydrogen-bond acceptors (Lipinski definition) is 5. The Hall–Kier alpha value is -0.690. The van der Waals surface area contributed by atoms with Crippen molar-refractivity contribution in [1.29, 1.82) is 0 Å². The van der Waals surface area contributed by atoms with Gasteiger partial charge < -0.3 is 26.6 Å². The van der Waals surface area contributed by atoms with E-state index in [9.17, 15) is 15.0 Å². The normalized spacial score (nSPS) is 40.6. The van der Waals surface area contributed by atoms with Crippen molar-refractivity contribution in [3.8, 4) is 0 Å². The standard InChI is InChI=1S/C34H63N3O3/c1-23(9-7-10-24(2)32(39)40)27-11-12-28-31-29(14-16-34(27,28)4)33(3)15-13-26(21-25(33)22-30(31)38)37-20-8-19-36-18-6-5-17-35/h23-31,36-38H,5-22,35H2,1-4H3,(H,39,40)/t23-,24-,25-,26+,27-,28?,29?,30-,31?,33+,34-/m1/s1. The minimum Gasteiger partial charge on any atom is -0.481 e. The molecule has 0 heterocycles. The number of carboxylic acids is 1. The van der Waals surface area contributed by atoms with Gasteiger partial charge in [-0.1, -0.05) is 40.5 Å². The van der Waals surface area contributed by atoms with Crippen LogP contribution in [-0.2, 0) is 4.79 Å². The molecule has 11 atom stereocenters. The van der Waals surface area contributed by atoms with Crippen molar-refractivity contribution in [2.24, 2.45) is 58.0 Å². The molecular formula is C34H63N3O3. The second kappa shape index (κ2) is 14.2. The highest BCUT2D eigenvalue weighted by Gasteiger charge is 2.62. The number of fused-ring (bicyclic) bond motifs is 5. The van der Waals surface area contributed by atoms with Crippen LogP contribution in [0, 0.1) is 52.3 Å². The number of unbranched alkanes of at least 4 members (excludes halogenated alkanes) is 1. The summed E-state index contributed by atoms with van der Waals surface area (Å²) < 4.78 is 0. The minimum absolute atomic E-state index is 0.144. The van der Waals surface area contributed by atoms with Crippen molar-refractivity contribution >= 4 is 5.97 Å². The molecule has 0 aromatic heterocycles. The van der Waals surface area contributed by atoms with E-state index in [1.165, 1.54) is 57.8 Å². The van der Waals surface area contributed by atoms with Crippen LogP contribution in [0.4, 0.5) is 0 Å². The third-order valence-electron chi connectivity index (χ3n) is 12.9. The van der Waals surface area contributed by atoms with E-state index >= 15 is 0 Å². The van der Waals surface area contributed by atoms with E-state index in [2.05, 4.69) is 31.4 Å². The summed E-state index contributed by atoms with van der Waals surface area (Å²) in [6, 6.07) is 0.605. The number of rotatable bonds is 15. The monoisotopic (exact) mass is 561 g/mol. The molecule has 0 saturated heterocycles. The molecular weight excluding hydrogens is 498 g/mol. The van der Waals surface area contributed by atoms with Gasteiger partial charge in [0.2, 0.25) is 0 Å². The number of aliphatic hydroxyl groups excluding tert-OH is 1. The minimum atomic E-state index is -0.663. The molecule has 4 aliphatic carbocycles. The average Bonchev–Trinajstić information content (AvgIpc) is 3.27. The first-order valence-corrected chi connectivity index (χ1v) is 17.2. The molecule has 0 bridgehead atoms. The van der Waals surface area contributed by atoms with Crippen LogP contribution in [0.2, 0.25) is 0 Å². The Labute approximate surface area is 245 Å². The molecule has 0 spiro atoms. The Morgan fingerprint density at radius 2 is 1.62 bits per heavy atom. The first kappa shape index (κ1) is 32.2. The quantitative estimate of drug-likeness (QED) is 0.161. The van der Waals surface area contributed by atoms with Crippen LogP contribution in [0.1, 0.15) is 118 Å². The highest BCUT2D eigenvalue weighted by Crippen LogP contribution is 2.68. The number of nitrogens with one attached hydrogen (secondary N) is 2. The van der Waals surface area contributed by atoms with Crippen molar-refractivity contribution in [3.63, 3.8) is 0 Å². The molecule has 40 heavy (non-hydrogen) atoms. The second-order valence-corrected chi connectivity index (χ2v) is 15.2. The van der Waals surface area contributed by atoms with Crippen molar-refractivity contribution in [2.45, 2.75) is 130 Å². The Morgan fingerprint density at radius 3 is 2.38 bits per heavy atom. The van der Waals surface area contributed by atoms with Crippen LogP contribution >= 0.6 is 0 Å². The molecule has 0 amide bonds. The van der Waals surface area contributed by atoms with E-state index < -0.39 is 5.97 Å². The van der Waals surface area contributed by atoms with Crippen LogP contribution in [0.15, 0.2) is 0 Å². The van der Waals surface area contributed by atoms with E-state index in [1.807, 2.05) is 6.92 Å². The molecule has 4 saturated carbocycles. The van der Waals surface area contributed by atoms with Crippen molar-refractivity contribution in [3.05, 3.63) is 0 Å². The summed E-state index contributed by atoms with van der Waals surface area (Å²) in [5.41, 5.74) is 6.29. The third kappa shape index (κ3) is 6.92. The summed E-state index contributed by atoms with van der Waals surface area (Å²) in [6.07, 6.45) is 16.2. The topological polar surface area (TPSA) is 108 Å². The van der Waals surface area contributed by atoms with Gasteiger partial charge in [-0.3, -0.25) is 4.79 Å². The number of aliphatic hydroxyl groups is 1. The SMILES string of the molecule is C[C@H](CCC[C@@H](C)[C@H]1CCC2C3C(CC[C@@]21C)[C@@]1(C)CC[C@H](NCCCNCCCCN)C[C@@H]1C[C@H]3O)C(=O)O. The van der Waals surface area contributed by atoms with Gasteiger partial charge in [0.05, 0.1) is 12.0 Å². The van der Waals surface area contributed by atoms with Gasteiger partial charge >= 0.3 is 5.97 Å². The Kier molecular flexibility index (Phi) is 11.4. The van der Waals surface area contributed by atoms with Crippen LogP contribution in [0.5, 0.6) is 0 Å². The zero-order valence-electron chi connectivity index (χ0n) is 26.3. The van der Waals surface area contributed by atoms with Crippen LogP contribution < -0.4 is 16.4 Å². The molecule has 3 unspecified atom stereocenters. The molecule has 4 aliphatic rings. The number of nitrogens with two attached hydrogens (primary N) is 1. The number of carbonyl (C=O) groups is 1. The fourth-order valence-electron chi connectivity index (χ4n) is 10.5. The Bertz CT molecular complexity index is 809. The summed E-state index contributed by atoms with van der Waals surface area (Å²) >= 11 is 0. The summed E-state index contributed by atoms with van der Waals surface area (Å²) in [7, 11) is 0. The van der Waals surface area contributed by atoms with Gasteiger partial charge in [0.1, 0.15) is 0 Å². The molecule has 0 aliphatic heterocycles. The van der Waals surface area contributed by atoms with Crippen molar-refractivity contribution in [2.75, 3.05) is 26.2 Å². The highest BCUT2D eigenvalue weighted by molar-refractivity contribution is 5.69. The number of hydrogen-bond donors (Lipinski definition) is 5. The van der Waals surface area contributed by atoms with E-state index in [0.717, 1.165) is 58.3 Å². The van der Waals surface area contributed by atoms with Gasteiger partial charge in [-0.2, -0.15) is 0 Å². The highest BCUT2D eigenvalue weighted by atomic mass is 16.4. The molecule has 0 aromatic rings. The van der Waals surface area contributed by atoms with Gasteiger partial charge in [-0.05, 0) is 150 Å². The lowest BCUT2D eigenvalue weighted by molar-refractivity contribution is -0.167. The van der Waals surface area contributed by atoms with Crippen LogP contribution in [-0.4, -0.2) is 54.5 Å². The predicted molar refractivity (Wildman–Crippen MR) is 164 cm³/mol. The first-order valence-electron chi connectivity index (χ1n) is 17.2. The molecule has 4 rings (SSSR count). The summed E-state index contributed by atoms with van der Waals surface area (Å²) in [5, 5.41) is 28.4. The molecule has 4 fully saturated rings. The zero-order chi connectivity index (χ0) is 28.9. The van der Waals surface area contributed by atoms with Gasteiger partial charge in [-0.25, -0.2) is 0 Å². The van der Waals surface area contributed by atoms with Gasteiger partial charge in [0.25, 0.3) is 0 Å². The predicted octanol–water partition coefficient (Wildman–Crippen LogP) is 5.82. The Morgan fingerprint density at radius 1 is 0.900 bits per heavy atom. The van der Waals surface area contributed by atoms with E-state index in [4.69, 9.17) is 5.73 Å². The fraction of sp³-hybridized carbons (Fsp3) is 0.971. The van der Waals surface area contributed by atoms with Crippen LogP contribution in [0.25, 0.3) is 0 Å². The third-order valence-corrected chi connectivity index (χ3v) is 12.9. The maximum absolute atomic E-state index is 11.7. The molecule has 6 nitrogen and oxygen atoms in total. The fourth-order valence-corrected chi connectivity index (χ4v) is 10.5. The summed E-state index contributed by atoms with van der Waals surface area (Å²) in [5.74, 6) is 2.88. The van der Waals surface area contributed by atoms with Crippen molar-refractivity contribution < 1.29 is 15.0 Å². The second-order valence-electron chi connectivity index (χ2n) is 15.2. The summed E-state index contributed by atoms with van der Waals surface area (Å²) in [6.45, 7) is 13.5. The molecule has 0 radical (unpaired) electrons. The summed E-state index contributed by atoms with van der Waals surface area (Å²) in [4.78, 5) is 11.3. The van der Waals surface area contributed by atoms with Crippen LogP contribution in [0.3, 0.4) is 0 Å². The maximum Gasteiger partial charge on any atom is 0.306 e. The van der Waals surface area contributed by atoms with Gasteiger partial charge in [-0.15, -0.1) is 0 Å². The number of aliphatic carboxylic acids is 1. The van der Waals surface area contributed by atoms with E-state index in [-0.39, 0.29) is 12.0 Å².